The average Bonchev–Trinajstić information content (AvgIpc) is 2.75. The summed E-state index contributed by atoms with van der Waals surface area (Å²) in [4.78, 5) is 41.4. The smallest absolute Gasteiger partial charge is 0.324 e. The molecule has 0 amide bonds. The Balaban J connectivity index is 0.000000289. The van der Waals surface area contributed by atoms with Gasteiger partial charge in [0.1, 0.15) is 5.78 Å². The number of hydrogen-bond donors (Lipinski definition) is 1. The minimum atomic E-state index is -1.21. The highest BCUT2D eigenvalue weighted by Gasteiger charge is 2.30. The highest BCUT2D eigenvalue weighted by atomic mass is 16.6. The lowest BCUT2D eigenvalue weighted by Gasteiger charge is -2.22. The number of non-ortho nitro benzene ring substituents is 1. The van der Waals surface area contributed by atoms with Gasteiger partial charge >= 0.3 is 11.4 Å². The maximum absolute atomic E-state index is 11.4. The van der Waals surface area contributed by atoms with Gasteiger partial charge in [-0.25, -0.2) is 0 Å². The standard InChI is InChI=1S/C9H17NO.C6H3N3O7/c1-3-8-9(11)6-4-5-7-10(8)2;10-6-4(8(13)14)1-3(7(11)12)2-5(6)9(15)16/h8H,3-7H2,1-2H3;1-2,10H. The van der Waals surface area contributed by atoms with Gasteiger partial charge in [0.2, 0.25) is 0 Å². The van der Waals surface area contributed by atoms with Crippen LogP contribution in [0.15, 0.2) is 12.1 Å². The third-order valence-corrected chi connectivity index (χ3v) is 4.13. The summed E-state index contributed by atoms with van der Waals surface area (Å²) < 4.78 is 0. The second kappa shape index (κ2) is 9.52. The third-order valence-electron chi connectivity index (χ3n) is 4.13. The van der Waals surface area contributed by atoms with Gasteiger partial charge in [-0.05, 0) is 32.9 Å². The summed E-state index contributed by atoms with van der Waals surface area (Å²) in [6, 6.07) is 1.10. The number of likely N-dealkylation sites (N-methyl/N-ethyl adjacent to an activating group) is 1. The van der Waals surface area contributed by atoms with Crippen LogP contribution in [0, 0.1) is 30.3 Å². The van der Waals surface area contributed by atoms with E-state index in [1.165, 1.54) is 6.42 Å². The molecule has 1 aromatic rings. The molecule has 0 radical (unpaired) electrons. The summed E-state index contributed by atoms with van der Waals surface area (Å²) in [5.74, 6) is -0.770. The van der Waals surface area contributed by atoms with Gasteiger partial charge in [-0.2, -0.15) is 0 Å². The van der Waals surface area contributed by atoms with Crippen LogP contribution in [0.2, 0.25) is 0 Å². The number of ketones is 1. The van der Waals surface area contributed by atoms with Crippen molar-refractivity contribution < 1.29 is 24.7 Å². The Kier molecular flexibility index (Phi) is 7.72. The van der Waals surface area contributed by atoms with E-state index >= 15 is 0 Å². The van der Waals surface area contributed by atoms with Gasteiger partial charge in [0.25, 0.3) is 11.4 Å². The Labute approximate surface area is 153 Å². The van der Waals surface area contributed by atoms with E-state index in [0.717, 1.165) is 25.8 Å². The largest absolute Gasteiger partial charge is 0.497 e. The number of carbonyl (C=O) groups excluding carboxylic acids is 1. The monoisotopic (exact) mass is 384 g/mol. The number of likely N-dealkylation sites (tertiary alicyclic amines) is 1. The van der Waals surface area contributed by atoms with E-state index in [4.69, 9.17) is 5.11 Å². The maximum atomic E-state index is 11.4. The number of benzene rings is 1. The fourth-order valence-electron chi connectivity index (χ4n) is 2.74. The quantitative estimate of drug-likeness (QED) is 0.605. The highest BCUT2D eigenvalue weighted by molar-refractivity contribution is 5.84. The fraction of sp³-hybridized carbons (Fsp3) is 0.533. The minimum absolute atomic E-state index is 0.206. The number of hydrogen-bond acceptors (Lipinski definition) is 9. The van der Waals surface area contributed by atoms with Gasteiger partial charge < -0.3 is 5.11 Å². The molecule has 1 aliphatic rings. The van der Waals surface area contributed by atoms with Gasteiger partial charge in [-0.3, -0.25) is 40.0 Å². The Bertz CT molecular complexity index is 716. The first-order valence-corrected chi connectivity index (χ1v) is 8.13. The third kappa shape index (κ3) is 5.67. The number of phenols is 1. The molecule has 27 heavy (non-hydrogen) atoms. The topological polar surface area (TPSA) is 170 Å². The molecule has 1 atom stereocenters. The predicted octanol–water partition coefficient (Wildman–Crippen LogP) is 2.57. The Morgan fingerprint density at radius 3 is 2.00 bits per heavy atom. The zero-order valence-electron chi connectivity index (χ0n) is 14.9. The second-order valence-corrected chi connectivity index (χ2v) is 5.93. The van der Waals surface area contributed by atoms with Crippen molar-refractivity contribution in [2.75, 3.05) is 13.6 Å². The lowest BCUT2D eigenvalue weighted by atomic mass is 10.1. The van der Waals surface area contributed by atoms with Gasteiger partial charge in [0, 0.05) is 6.42 Å². The van der Waals surface area contributed by atoms with Gasteiger partial charge in [0.05, 0.1) is 32.9 Å². The molecule has 1 unspecified atom stereocenters. The molecule has 0 bridgehead atoms. The summed E-state index contributed by atoms with van der Waals surface area (Å²) in [6.45, 7) is 3.18. The van der Waals surface area contributed by atoms with E-state index in [9.17, 15) is 35.1 Å². The zero-order valence-corrected chi connectivity index (χ0v) is 14.9. The first-order chi connectivity index (χ1) is 12.6. The van der Waals surface area contributed by atoms with Crippen LogP contribution in [0.3, 0.4) is 0 Å². The van der Waals surface area contributed by atoms with E-state index in [2.05, 4.69) is 18.9 Å². The van der Waals surface area contributed by atoms with Crippen molar-refractivity contribution in [1.29, 1.82) is 0 Å². The molecule has 0 aliphatic carbocycles. The molecule has 1 N–H and O–H groups in total. The summed E-state index contributed by atoms with van der Waals surface area (Å²) in [7, 11) is 2.05. The molecule has 0 saturated carbocycles. The lowest BCUT2D eigenvalue weighted by molar-refractivity contribution is -0.404. The van der Waals surface area contributed by atoms with Crippen molar-refractivity contribution in [3.05, 3.63) is 42.5 Å². The molecule has 1 heterocycles. The van der Waals surface area contributed by atoms with Crippen molar-refractivity contribution in [2.24, 2.45) is 0 Å². The van der Waals surface area contributed by atoms with Crippen molar-refractivity contribution >= 4 is 22.8 Å². The van der Waals surface area contributed by atoms with Gasteiger partial charge in [0.15, 0.2) is 0 Å². The molecular weight excluding hydrogens is 364 g/mol. The Morgan fingerprint density at radius 1 is 1.07 bits per heavy atom. The number of Topliss-reactive ketones (excluding diaryl/α,β-unsaturated/α-hetero) is 1. The molecule has 12 heteroatoms. The van der Waals surface area contributed by atoms with Gasteiger partial charge in [-0.1, -0.05) is 6.92 Å². The van der Waals surface area contributed by atoms with E-state index in [1.807, 2.05) is 0 Å². The van der Waals surface area contributed by atoms with E-state index < -0.39 is 37.6 Å². The van der Waals surface area contributed by atoms with E-state index in [0.29, 0.717) is 17.9 Å². The Hall–Kier alpha value is -3.15. The van der Waals surface area contributed by atoms with Crippen molar-refractivity contribution in [1.82, 2.24) is 4.90 Å². The van der Waals surface area contributed by atoms with Crippen LogP contribution in [0.25, 0.3) is 0 Å². The molecular formula is C15H20N4O8. The summed E-state index contributed by atoms with van der Waals surface area (Å²) in [5, 5.41) is 40.2. The SMILES string of the molecule is CCC1C(=O)CCCCN1C.O=[N+]([O-])c1cc([N+](=O)[O-])c(O)c([N+](=O)[O-])c1. The number of nitrogens with zero attached hydrogens (tertiary/aromatic N) is 4. The van der Waals surface area contributed by atoms with Gasteiger partial charge in [-0.15, -0.1) is 0 Å². The van der Waals surface area contributed by atoms with Crippen molar-refractivity contribution in [3.8, 4) is 5.75 Å². The molecule has 148 valence electrons. The van der Waals surface area contributed by atoms with E-state index in [-0.39, 0.29) is 6.04 Å². The number of aromatic hydroxyl groups is 1. The Morgan fingerprint density at radius 2 is 1.59 bits per heavy atom. The van der Waals surface area contributed by atoms with Crippen molar-refractivity contribution in [2.45, 2.75) is 38.6 Å². The molecule has 12 nitrogen and oxygen atoms in total. The number of phenolic OH excluding ortho intramolecular Hbond substituents is 1. The van der Waals surface area contributed by atoms with Crippen LogP contribution in [0.4, 0.5) is 17.1 Å². The molecule has 1 aromatic carbocycles. The fourth-order valence-corrected chi connectivity index (χ4v) is 2.74. The number of nitro benzene ring substituents is 3. The highest BCUT2D eigenvalue weighted by Crippen LogP contribution is 2.38. The normalized spacial score (nSPS) is 17.4. The molecule has 0 aromatic heterocycles. The molecule has 1 saturated heterocycles. The molecule has 2 rings (SSSR count). The first-order valence-electron chi connectivity index (χ1n) is 8.13. The minimum Gasteiger partial charge on any atom is -0.497 e. The van der Waals surface area contributed by atoms with Crippen molar-refractivity contribution in [3.63, 3.8) is 0 Å². The summed E-state index contributed by atoms with van der Waals surface area (Å²) in [6.07, 6.45) is 4.02. The number of carbonyl (C=O) groups is 1. The molecule has 1 fully saturated rings. The predicted molar refractivity (Wildman–Crippen MR) is 93.6 cm³/mol. The first kappa shape index (κ1) is 21.9. The van der Waals surface area contributed by atoms with Crippen LogP contribution in [-0.2, 0) is 4.79 Å². The summed E-state index contributed by atoms with van der Waals surface area (Å²) >= 11 is 0. The summed E-state index contributed by atoms with van der Waals surface area (Å²) in [5.41, 5.74) is -3.00. The van der Waals surface area contributed by atoms with Crippen LogP contribution >= 0.6 is 0 Å². The second-order valence-electron chi connectivity index (χ2n) is 5.93. The zero-order chi connectivity index (χ0) is 20.7. The maximum Gasteiger partial charge on any atom is 0.324 e. The number of rotatable bonds is 4. The van der Waals surface area contributed by atoms with Crippen LogP contribution in [-0.4, -0.2) is 50.2 Å². The van der Waals surface area contributed by atoms with Crippen LogP contribution in [0.5, 0.6) is 5.75 Å². The van der Waals surface area contributed by atoms with Crippen LogP contribution < -0.4 is 0 Å². The average molecular weight is 384 g/mol. The number of nitro groups is 3. The van der Waals surface area contributed by atoms with Crippen LogP contribution in [0.1, 0.15) is 32.6 Å². The molecule has 1 aliphatic heterocycles. The lowest BCUT2D eigenvalue weighted by Crippen LogP contribution is -2.36. The van der Waals surface area contributed by atoms with E-state index in [1.54, 1.807) is 0 Å². The molecule has 0 spiro atoms.